The molecule has 2 unspecified atom stereocenters. The molecule has 2 aromatic rings. The van der Waals surface area contributed by atoms with E-state index in [0.717, 1.165) is 23.1 Å². The van der Waals surface area contributed by atoms with Gasteiger partial charge in [-0.3, -0.25) is 0 Å². The van der Waals surface area contributed by atoms with Crippen molar-refractivity contribution >= 4 is 40.5 Å². The number of anilines is 1. The number of hydrogen-bond donors (Lipinski definition) is 1. The van der Waals surface area contributed by atoms with Crippen LogP contribution >= 0.6 is 34.8 Å². The van der Waals surface area contributed by atoms with E-state index in [2.05, 4.69) is 18.3 Å². The van der Waals surface area contributed by atoms with Crippen LogP contribution in [0, 0.1) is 5.92 Å². The van der Waals surface area contributed by atoms with Crippen LogP contribution in [0.1, 0.15) is 30.8 Å². The predicted octanol–water partition coefficient (Wildman–Crippen LogP) is 5.98. The highest BCUT2D eigenvalue weighted by atomic mass is 35.5. The van der Waals surface area contributed by atoms with Crippen molar-refractivity contribution < 1.29 is 4.42 Å². The van der Waals surface area contributed by atoms with Gasteiger partial charge in [-0.2, -0.15) is 0 Å². The SMILES string of the molecule is CC1CC1c1ccc(CNc2cc(Cl)c(Cl)cc2Cl)o1. The number of nitrogens with one attached hydrogen (secondary N) is 1. The van der Waals surface area contributed by atoms with E-state index in [1.165, 1.54) is 6.42 Å². The van der Waals surface area contributed by atoms with Crippen LogP contribution in [0.5, 0.6) is 0 Å². The second-order valence-electron chi connectivity index (χ2n) is 5.22. The van der Waals surface area contributed by atoms with E-state index in [4.69, 9.17) is 39.2 Å². The summed E-state index contributed by atoms with van der Waals surface area (Å²) < 4.78 is 5.83. The third-order valence-electron chi connectivity index (χ3n) is 3.62. The van der Waals surface area contributed by atoms with Gasteiger partial charge in [0.05, 0.1) is 27.3 Å². The van der Waals surface area contributed by atoms with Gasteiger partial charge in [0.1, 0.15) is 11.5 Å². The quantitative estimate of drug-likeness (QED) is 0.698. The molecule has 1 saturated carbocycles. The number of furan rings is 1. The molecule has 1 N–H and O–H groups in total. The molecule has 0 spiro atoms. The molecular weight excluding hydrogens is 317 g/mol. The minimum absolute atomic E-state index is 0.449. The van der Waals surface area contributed by atoms with Crippen molar-refractivity contribution in [2.45, 2.75) is 25.8 Å². The molecule has 0 saturated heterocycles. The highest BCUT2D eigenvalue weighted by Gasteiger charge is 2.36. The maximum atomic E-state index is 6.12. The molecule has 5 heteroatoms. The minimum atomic E-state index is 0.449. The highest BCUT2D eigenvalue weighted by molar-refractivity contribution is 6.44. The standard InChI is InChI=1S/C15H14Cl3NO/c1-8-4-10(8)15-3-2-9(20-15)7-19-14-6-12(17)11(16)5-13(14)18/h2-3,5-6,8,10,19H,4,7H2,1H3. The van der Waals surface area contributed by atoms with Crippen molar-refractivity contribution in [3.8, 4) is 0 Å². The van der Waals surface area contributed by atoms with Gasteiger partial charge in [0.15, 0.2) is 0 Å². The van der Waals surface area contributed by atoms with Gasteiger partial charge in [0.25, 0.3) is 0 Å². The first kappa shape index (κ1) is 14.1. The molecule has 2 atom stereocenters. The lowest BCUT2D eigenvalue weighted by Crippen LogP contribution is -1.98. The van der Waals surface area contributed by atoms with Gasteiger partial charge in [-0.1, -0.05) is 41.7 Å². The number of halogens is 3. The maximum Gasteiger partial charge on any atom is 0.123 e. The van der Waals surface area contributed by atoms with Gasteiger partial charge in [0.2, 0.25) is 0 Å². The number of rotatable bonds is 4. The average molecular weight is 331 g/mol. The van der Waals surface area contributed by atoms with Crippen molar-refractivity contribution in [1.29, 1.82) is 0 Å². The highest BCUT2D eigenvalue weighted by Crippen LogP contribution is 2.47. The Morgan fingerprint density at radius 3 is 2.55 bits per heavy atom. The molecule has 0 bridgehead atoms. The Hall–Kier alpha value is -0.830. The van der Waals surface area contributed by atoms with Crippen LogP contribution in [-0.2, 0) is 6.54 Å². The lowest BCUT2D eigenvalue weighted by molar-refractivity contribution is 0.468. The normalized spacial score (nSPS) is 21.0. The zero-order chi connectivity index (χ0) is 14.3. The summed E-state index contributed by atoms with van der Waals surface area (Å²) in [5.41, 5.74) is 0.749. The molecule has 3 rings (SSSR count). The molecule has 20 heavy (non-hydrogen) atoms. The monoisotopic (exact) mass is 329 g/mol. The van der Waals surface area contributed by atoms with Crippen molar-refractivity contribution in [3.05, 3.63) is 50.9 Å². The Morgan fingerprint density at radius 1 is 1.15 bits per heavy atom. The van der Waals surface area contributed by atoms with E-state index in [0.29, 0.717) is 27.5 Å². The summed E-state index contributed by atoms with van der Waals surface area (Å²) in [6.07, 6.45) is 1.22. The molecule has 0 amide bonds. The third kappa shape index (κ3) is 2.93. The molecule has 1 heterocycles. The van der Waals surface area contributed by atoms with E-state index in [9.17, 15) is 0 Å². The van der Waals surface area contributed by atoms with Crippen LogP contribution in [0.3, 0.4) is 0 Å². The van der Waals surface area contributed by atoms with Crippen molar-refractivity contribution in [2.24, 2.45) is 5.92 Å². The Balaban J connectivity index is 1.67. The summed E-state index contributed by atoms with van der Waals surface area (Å²) in [5, 5.41) is 4.68. The minimum Gasteiger partial charge on any atom is -0.464 e. The molecule has 0 aliphatic heterocycles. The Labute approximate surface area is 133 Å². The summed E-state index contributed by atoms with van der Waals surface area (Å²) in [6, 6.07) is 7.41. The lowest BCUT2D eigenvalue weighted by Gasteiger charge is -2.08. The molecule has 1 fully saturated rings. The zero-order valence-corrected chi connectivity index (χ0v) is 13.2. The first-order valence-corrected chi connectivity index (χ1v) is 7.65. The summed E-state index contributed by atoms with van der Waals surface area (Å²) in [7, 11) is 0. The second-order valence-corrected chi connectivity index (χ2v) is 6.44. The van der Waals surface area contributed by atoms with Crippen LogP contribution in [0.25, 0.3) is 0 Å². The Bertz CT molecular complexity index is 638. The zero-order valence-electron chi connectivity index (χ0n) is 10.9. The fraction of sp³-hybridized carbons (Fsp3) is 0.333. The number of benzene rings is 1. The number of hydrogen-bond acceptors (Lipinski definition) is 2. The van der Waals surface area contributed by atoms with E-state index in [-0.39, 0.29) is 0 Å². The van der Waals surface area contributed by atoms with Gasteiger partial charge in [-0.15, -0.1) is 0 Å². The predicted molar refractivity (Wildman–Crippen MR) is 84.0 cm³/mol. The van der Waals surface area contributed by atoms with E-state index in [1.807, 2.05) is 6.07 Å². The third-order valence-corrected chi connectivity index (χ3v) is 4.66. The van der Waals surface area contributed by atoms with Crippen molar-refractivity contribution in [2.75, 3.05) is 5.32 Å². The van der Waals surface area contributed by atoms with Gasteiger partial charge in [0, 0.05) is 5.92 Å². The summed E-state index contributed by atoms with van der Waals surface area (Å²) in [4.78, 5) is 0. The molecule has 1 aromatic heterocycles. The summed E-state index contributed by atoms with van der Waals surface area (Å²) in [6.45, 7) is 2.80. The molecule has 2 nitrogen and oxygen atoms in total. The van der Waals surface area contributed by atoms with Crippen LogP contribution < -0.4 is 5.32 Å². The Morgan fingerprint density at radius 2 is 1.85 bits per heavy atom. The lowest BCUT2D eigenvalue weighted by atomic mass is 10.3. The fourth-order valence-corrected chi connectivity index (χ4v) is 2.86. The maximum absolute atomic E-state index is 6.12. The Kier molecular flexibility index (Phi) is 3.89. The smallest absolute Gasteiger partial charge is 0.123 e. The van der Waals surface area contributed by atoms with Gasteiger partial charge in [-0.05, 0) is 36.6 Å². The van der Waals surface area contributed by atoms with Crippen LogP contribution in [-0.4, -0.2) is 0 Å². The van der Waals surface area contributed by atoms with Gasteiger partial charge >= 0.3 is 0 Å². The topological polar surface area (TPSA) is 25.2 Å². The largest absolute Gasteiger partial charge is 0.464 e. The van der Waals surface area contributed by atoms with E-state index >= 15 is 0 Å². The summed E-state index contributed by atoms with van der Waals surface area (Å²) in [5.74, 6) is 3.31. The van der Waals surface area contributed by atoms with Crippen molar-refractivity contribution in [1.82, 2.24) is 0 Å². The van der Waals surface area contributed by atoms with Gasteiger partial charge in [-0.25, -0.2) is 0 Å². The van der Waals surface area contributed by atoms with Crippen LogP contribution in [0.2, 0.25) is 15.1 Å². The molecule has 0 radical (unpaired) electrons. The van der Waals surface area contributed by atoms with Crippen LogP contribution in [0.4, 0.5) is 5.69 Å². The molecular formula is C15H14Cl3NO. The first-order chi connectivity index (χ1) is 9.54. The molecule has 1 aromatic carbocycles. The summed E-state index contributed by atoms with van der Waals surface area (Å²) >= 11 is 18.0. The molecule has 1 aliphatic carbocycles. The van der Waals surface area contributed by atoms with Gasteiger partial charge < -0.3 is 9.73 Å². The van der Waals surface area contributed by atoms with Crippen molar-refractivity contribution in [3.63, 3.8) is 0 Å². The first-order valence-electron chi connectivity index (χ1n) is 6.51. The molecule has 106 valence electrons. The average Bonchev–Trinajstić information content (AvgIpc) is 2.96. The fourth-order valence-electron chi connectivity index (χ4n) is 2.25. The molecule has 1 aliphatic rings. The van der Waals surface area contributed by atoms with Crippen LogP contribution in [0.15, 0.2) is 28.7 Å². The van der Waals surface area contributed by atoms with E-state index < -0.39 is 0 Å². The second kappa shape index (κ2) is 5.51. The van der Waals surface area contributed by atoms with E-state index in [1.54, 1.807) is 12.1 Å².